The molecule has 0 aliphatic rings. The van der Waals surface area contributed by atoms with Crippen LogP contribution >= 0.6 is 11.8 Å². The fraction of sp³-hybridized carbons (Fsp3) is 0.130. The zero-order chi connectivity index (χ0) is 20.8. The van der Waals surface area contributed by atoms with Gasteiger partial charge in [0.25, 0.3) is 0 Å². The lowest BCUT2D eigenvalue weighted by Crippen LogP contribution is -2.12. The number of amides is 1. The smallest absolute Gasteiger partial charge is 0.225 e. The van der Waals surface area contributed by atoms with Gasteiger partial charge in [-0.3, -0.25) is 14.3 Å². The quantitative estimate of drug-likeness (QED) is 0.441. The zero-order valence-electron chi connectivity index (χ0n) is 16.5. The van der Waals surface area contributed by atoms with Gasteiger partial charge in [0, 0.05) is 41.5 Å². The Bertz CT molecular complexity index is 1110. The van der Waals surface area contributed by atoms with Crippen molar-refractivity contribution in [2.24, 2.45) is 0 Å². The molecule has 0 atom stereocenters. The summed E-state index contributed by atoms with van der Waals surface area (Å²) in [6, 6.07) is 21.6. The van der Waals surface area contributed by atoms with E-state index in [-0.39, 0.29) is 5.91 Å². The van der Waals surface area contributed by atoms with Crippen LogP contribution in [0.1, 0.15) is 12.0 Å². The first-order valence-electron chi connectivity index (χ1n) is 9.61. The van der Waals surface area contributed by atoms with E-state index in [1.165, 1.54) is 11.8 Å². The molecule has 4 rings (SSSR count). The summed E-state index contributed by atoms with van der Waals surface area (Å²) in [7, 11) is 0. The third-order valence-corrected chi connectivity index (χ3v) is 5.41. The maximum Gasteiger partial charge on any atom is 0.225 e. The molecule has 0 radical (unpaired) electrons. The van der Waals surface area contributed by atoms with E-state index in [0.29, 0.717) is 12.2 Å². The van der Waals surface area contributed by atoms with Crippen LogP contribution in [0.4, 0.5) is 5.69 Å². The van der Waals surface area contributed by atoms with Crippen LogP contribution in [0, 0.1) is 6.92 Å². The van der Waals surface area contributed by atoms with Gasteiger partial charge < -0.3 is 5.32 Å². The molecule has 0 saturated carbocycles. The Balaban J connectivity index is 1.48. The molecule has 1 amide bonds. The van der Waals surface area contributed by atoms with Crippen LogP contribution in [-0.4, -0.2) is 31.4 Å². The molecule has 0 unspecified atom stereocenters. The normalized spacial score (nSPS) is 10.7. The molecule has 6 nitrogen and oxygen atoms in total. The van der Waals surface area contributed by atoms with Crippen LogP contribution in [0.2, 0.25) is 0 Å². The summed E-state index contributed by atoms with van der Waals surface area (Å²) in [5.74, 6) is 1.32. The van der Waals surface area contributed by atoms with Crippen molar-refractivity contribution in [3.63, 3.8) is 0 Å². The Hall–Kier alpha value is -3.45. The number of aryl methyl sites for hydroxylation is 1. The number of hydrogen-bond acceptors (Lipinski definition) is 5. The SMILES string of the molecule is Cc1ccc(NC(=O)CCSc2nnc(-c3ccncc3)n2-c2ccccc2)cc1. The summed E-state index contributed by atoms with van der Waals surface area (Å²) in [5.41, 5.74) is 3.88. The molecule has 0 fully saturated rings. The molecule has 150 valence electrons. The lowest BCUT2D eigenvalue weighted by Gasteiger charge is -2.10. The Labute approximate surface area is 179 Å². The van der Waals surface area contributed by atoms with Gasteiger partial charge in [-0.25, -0.2) is 0 Å². The van der Waals surface area contributed by atoms with Crippen molar-refractivity contribution < 1.29 is 4.79 Å². The maximum atomic E-state index is 12.3. The third kappa shape index (κ3) is 4.75. The van der Waals surface area contributed by atoms with E-state index in [1.54, 1.807) is 12.4 Å². The first-order valence-corrected chi connectivity index (χ1v) is 10.6. The largest absolute Gasteiger partial charge is 0.326 e. The predicted molar refractivity (Wildman–Crippen MR) is 120 cm³/mol. The summed E-state index contributed by atoms with van der Waals surface area (Å²) in [6.07, 6.45) is 3.86. The molecular formula is C23H21N5OS. The number of rotatable bonds is 7. The molecule has 0 bridgehead atoms. The molecule has 2 aromatic heterocycles. The van der Waals surface area contributed by atoms with E-state index in [1.807, 2.05) is 78.2 Å². The van der Waals surface area contributed by atoms with Crippen molar-refractivity contribution in [2.75, 3.05) is 11.1 Å². The molecule has 30 heavy (non-hydrogen) atoms. The van der Waals surface area contributed by atoms with E-state index in [0.717, 1.165) is 33.5 Å². The van der Waals surface area contributed by atoms with Gasteiger partial charge in [-0.15, -0.1) is 10.2 Å². The predicted octanol–water partition coefficient (Wildman–Crippen LogP) is 4.76. The van der Waals surface area contributed by atoms with Crippen molar-refractivity contribution in [3.8, 4) is 17.1 Å². The van der Waals surface area contributed by atoms with Crippen molar-refractivity contribution >= 4 is 23.4 Å². The number of pyridine rings is 1. The number of hydrogen-bond donors (Lipinski definition) is 1. The molecule has 0 spiro atoms. The number of nitrogens with one attached hydrogen (secondary N) is 1. The van der Waals surface area contributed by atoms with E-state index < -0.39 is 0 Å². The first kappa shape index (κ1) is 19.8. The van der Waals surface area contributed by atoms with Crippen LogP contribution in [-0.2, 0) is 4.79 Å². The van der Waals surface area contributed by atoms with E-state index in [4.69, 9.17) is 0 Å². The van der Waals surface area contributed by atoms with Crippen molar-refractivity contribution in [1.29, 1.82) is 0 Å². The van der Waals surface area contributed by atoms with Crippen LogP contribution in [0.5, 0.6) is 0 Å². The van der Waals surface area contributed by atoms with E-state index in [9.17, 15) is 4.79 Å². The fourth-order valence-corrected chi connectivity index (χ4v) is 3.85. The number of nitrogens with zero attached hydrogens (tertiary/aromatic N) is 4. The summed E-state index contributed by atoms with van der Waals surface area (Å²) >= 11 is 1.51. The summed E-state index contributed by atoms with van der Waals surface area (Å²) in [5, 5.41) is 12.5. The number of aromatic nitrogens is 4. The molecule has 4 aromatic rings. The number of anilines is 1. The molecule has 1 N–H and O–H groups in total. The van der Waals surface area contributed by atoms with Gasteiger partial charge in [0.15, 0.2) is 11.0 Å². The Morgan fingerprint density at radius 2 is 1.70 bits per heavy atom. The van der Waals surface area contributed by atoms with Crippen molar-refractivity contribution in [1.82, 2.24) is 19.7 Å². The number of benzene rings is 2. The van der Waals surface area contributed by atoms with Crippen LogP contribution in [0.15, 0.2) is 84.3 Å². The molecule has 0 aliphatic carbocycles. The molecule has 7 heteroatoms. The zero-order valence-corrected chi connectivity index (χ0v) is 17.3. The highest BCUT2D eigenvalue weighted by Gasteiger charge is 2.16. The second-order valence-electron chi connectivity index (χ2n) is 6.73. The summed E-state index contributed by atoms with van der Waals surface area (Å²) < 4.78 is 2.01. The van der Waals surface area contributed by atoms with Crippen molar-refractivity contribution in [3.05, 3.63) is 84.7 Å². The Morgan fingerprint density at radius 3 is 2.43 bits per heavy atom. The van der Waals surface area contributed by atoms with Crippen LogP contribution in [0.3, 0.4) is 0 Å². The minimum absolute atomic E-state index is 0.0218. The van der Waals surface area contributed by atoms with Crippen LogP contribution in [0.25, 0.3) is 17.1 Å². The highest BCUT2D eigenvalue weighted by atomic mass is 32.2. The standard InChI is InChI=1S/C23H21N5OS/c1-17-7-9-19(10-8-17)25-21(29)13-16-30-23-27-26-22(18-11-14-24-15-12-18)28(23)20-5-3-2-4-6-20/h2-12,14-15H,13,16H2,1H3,(H,25,29). The van der Waals surface area contributed by atoms with Gasteiger partial charge >= 0.3 is 0 Å². The van der Waals surface area contributed by atoms with Gasteiger partial charge in [-0.2, -0.15) is 0 Å². The average Bonchev–Trinajstić information content (AvgIpc) is 3.20. The highest BCUT2D eigenvalue weighted by Crippen LogP contribution is 2.28. The lowest BCUT2D eigenvalue weighted by atomic mass is 10.2. The molecule has 0 aliphatic heterocycles. The van der Waals surface area contributed by atoms with Gasteiger partial charge in [0.1, 0.15) is 0 Å². The number of thioether (sulfide) groups is 1. The maximum absolute atomic E-state index is 12.3. The second kappa shape index (κ2) is 9.37. The van der Waals surface area contributed by atoms with E-state index >= 15 is 0 Å². The second-order valence-corrected chi connectivity index (χ2v) is 7.79. The number of carbonyl (C=O) groups excluding carboxylic acids is 1. The molecule has 0 saturated heterocycles. The molecule has 2 heterocycles. The Morgan fingerprint density at radius 1 is 0.967 bits per heavy atom. The van der Waals surface area contributed by atoms with Crippen LogP contribution < -0.4 is 5.32 Å². The summed E-state index contributed by atoms with van der Waals surface area (Å²) in [6.45, 7) is 2.02. The Kier molecular flexibility index (Phi) is 6.20. The number of para-hydroxylation sites is 1. The highest BCUT2D eigenvalue weighted by molar-refractivity contribution is 7.99. The van der Waals surface area contributed by atoms with Gasteiger partial charge in [-0.05, 0) is 43.3 Å². The van der Waals surface area contributed by atoms with Crippen molar-refractivity contribution in [2.45, 2.75) is 18.5 Å². The minimum Gasteiger partial charge on any atom is -0.326 e. The minimum atomic E-state index is -0.0218. The third-order valence-electron chi connectivity index (χ3n) is 4.48. The molecule has 2 aromatic carbocycles. The first-order chi connectivity index (χ1) is 14.7. The van der Waals surface area contributed by atoms with E-state index in [2.05, 4.69) is 20.5 Å². The average molecular weight is 416 g/mol. The van der Waals surface area contributed by atoms with Gasteiger partial charge in [-0.1, -0.05) is 47.7 Å². The van der Waals surface area contributed by atoms with Gasteiger partial charge in [0.05, 0.1) is 0 Å². The fourth-order valence-electron chi connectivity index (χ4n) is 2.96. The molecular weight excluding hydrogens is 394 g/mol. The monoisotopic (exact) mass is 415 g/mol. The lowest BCUT2D eigenvalue weighted by molar-refractivity contribution is -0.115. The van der Waals surface area contributed by atoms with Gasteiger partial charge in [0.2, 0.25) is 5.91 Å². The topological polar surface area (TPSA) is 72.7 Å². The summed E-state index contributed by atoms with van der Waals surface area (Å²) in [4.78, 5) is 16.4. The number of carbonyl (C=O) groups is 1.